The number of nitriles is 1. The maximum Gasteiger partial charge on any atom is 0.414 e. The van der Waals surface area contributed by atoms with Gasteiger partial charge in [-0.1, -0.05) is 30.3 Å². The van der Waals surface area contributed by atoms with E-state index in [4.69, 9.17) is 9.72 Å². The van der Waals surface area contributed by atoms with E-state index in [-0.39, 0.29) is 24.4 Å². The predicted octanol–water partition coefficient (Wildman–Crippen LogP) is 5.61. The van der Waals surface area contributed by atoms with Crippen molar-refractivity contribution in [2.75, 3.05) is 12.0 Å². The number of carboxylic acid groups (broad SMARTS) is 1. The number of carbonyl (C=O) groups excluding carboxylic acids is 1. The number of fused-ring (bicyclic) bond motifs is 3. The summed E-state index contributed by atoms with van der Waals surface area (Å²) in [5.74, 6) is -0.808. The first-order valence-corrected chi connectivity index (χ1v) is 13.0. The molecule has 1 unspecified atom stereocenters. The third kappa shape index (κ3) is 4.55. The quantitative estimate of drug-likeness (QED) is 0.488. The minimum absolute atomic E-state index is 0.00897. The second kappa shape index (κ2) is 10.3. The third-order valence-corrected chi connectivity index (χ3v) is 8.03. The lowest BCUT2D eigenvalue weighted by atomic mass is 9.86. The average molecular weight is 501 g/mol. The molecule has 1 saturated carbocycles. The Balaban J connectivity index is 1.64. The number of methoxy groups -OCH3 is 1. The van der Waals surface area contributed by atoms with Crippen LogP contribution in [0, 0.1) is 17.2 Å². The van der Waals surface area contributed by atoms with Crippen LogP contribution in [-0.2, 0) is 22.4 Å². The number of imidazole rings is 1. The molecule has 192 valence electrons. The highest BCUT2D eigenvalue weighted by atomic mass is 16.5. The van der Waals surface area contributed by atoms with Gasteiger partial charge in [-0.3, -0.25) is 9.69 Å². The van der Waals surface area contributed by atoms with E-state index in [1.54, 1.807) is 4.90 Å². The summed E-state index contributed by atoms with van der Waals surface area (Å²) in [4.78, 5) is 31.8. The van der Waals surface area contributed by atoms with Crippen LogP contribution in [0.2, 0.25) is 0 Å². The lowest BCUT2D eigenvalue weighted by Crippen LogP contribution is -2.42. The lowest BCUT2D eigenvalue weighted by Gasteiger charge is -2.34. The van der Waals surface area contributed by atoms with Crippen molar-refractivity contribution in [2.24, 2.45) is 5.92 Å². The normalized spacial score (nSPS) is 22.2. The number of nitrogens with zero attached hydrogens (tertiary/aromatic N) is 4. The van der Waals surface area contributed by atoms with Gasteiger partial charge in [0.2, 0.25) is 0 Å². The van der Waals surface area contributed by atoms with Crippen LogP contribution in [0.1, 0.15) is 67.9 Å². The molecule has 2 atom stereocenters. The highest BCUT2D eigenvalue weighted by molar-refractivity contribution is 5.95. The van der Waals surface area contributed by atoms with Crippen LogP contribution < -0.4 is 4.90 Å². The van der Waals surface area contributed by atoms with Gasteiger partial charge in [-0.2, -0.15) is 5.26 Å². The highest BCUT2D eigenvalue weighted by Gasteiger charge is 2.34. The third-order valence-electron chi connectivity index (χ3n) is 8.03. The van der Waals surface area contributed by atoms with Crippen molar-refractivity contribution < 1.29 is 19.4 Å². The number of anilines is 1. The lowest BCUT2D eigenvalue weighted by molar-refractivity contribution is -0.138. The number of carbonyl (C=O) groups is 2. The molecule has 37 heavy (non-hydrogen) atoms. The van der Waals surface area contributed by atoms with E-state index in [1.807, 2.05) is 49.4 Å². The SMILES string of the molecule is COC(=O)N1c2ccc3c(nc(CC(C(=O)O)c4ccccc4)n3C3CCC(C#N)CC3)c2CC[C@@H]1C. The van der Waals surface area contributed by atoms with Gasteiger partial charge in [0.1, 0.15) is 5.82 Å². The molecule has 1 aromatic heterocycles. The van der Waals surface area contributed by atoms with Gasteiger partial charge in [0, 0.05) is 30.0 Å². The first-order chi connectivity index (χ1) is 17.9. The number of amides is 1. The van der Waals surface area contributed by atoms with Crippen molar-refractivity contribution in [2.45, 2.75) is 69.9 Å². The van der Waals surface area contributed by atoms with E-state index < -0.39 is 18.0 Å². The van der Waals surface area contributed by atoms with E-state index in [9.17, 15) is 20.0 Å². The standard InChI is InChI=1S/C29H32N4O4/c1-18-8-13-22-24(32(18)29(36)37-2)14-15-25-27(22)31-26(33(25)21-11-9-19(17-30)10-12-21)16-23(28(34)35)20-6-4-3-5-7-20/h3-7,14-15,18-19,21,23H,8-13,16H2,1-2H3,(H,34,35)/t18-,19?,21?,23?/m0/s1. The first-order valence-electron chi connectivity index (χ1n) is 13.0. The number of ether oxygens (including phenoxy) is 1. The molecule has 8 heteroatoms. The van der Waals surface area contributed by atoms with Gasteiger partial charge >= 0.3 is 12.1 Å². The molecule has 0 radical (unpaired) electrons. The Kier molecular flexibility index (Phi) is 6.88. The number of rotatable bonds is 5. The summed E-state index contributed by atoms with van der Waals surface area (Å²) in [7, 11) is 1.39. The average Bonchev–Trinajstić information content (AvgIpc) is 3.30. The van der Waals surface area contributed by atoms with Crippen LogP contribution in [0.25, 0.3) is 11.0 Å². The number of aliphatic carboxylic acids is 1. The number of benzene rings is 2. The molecule has 2 aliphatic rings. The fourth-order valence-corrected chi connectivity index (χ4v) is 6.05. The number of aromatic nitrogens is 2. The van der Waals surface area contributed by atoms with E-state index in [0.29, 0.717) is 0 Å². The Morgan fingerprint density at radius 3 is 2.51 bits per heavy atom. The molecule has 1 fully saturated rings. The molecule has 2 heterocycles. The van der Waals surface area contributed by atoms with Crippen LogP contribution in [0.15, 0.2) is 42.5 Å². The van der Waals surface area contributed by atoms with E-state index in [1.165, 1.54) is 7.11 Å². The van der Waals surface area contributed by atoms with Crippen LogP contribution >= 0.6 is 0 Å². The summed E-state index contributed by atoms with van der Waals surface area (Å²) in [6.45, 7) is 2.01. The van der Waals surface area contributed by atoms with Crippen LogP contribution in [0.3, 0.4) is 0 Å². The number of carboxylic acids is 1. The summed E-state index contributed by atoms with van der Waals surface area (Å²) in [5.41, 5.74) is 4.34. The van der Waals surface area contributed by atoms with Crippen molar-refractivity contribution in [3.05, 3.63) is 59.4 Å². The minimum Gasteiger partial charge on any atom is -0.481 e. The topological polar surface area (TPSA) is 108 Å². The molecule has 1 N–H and O–H groups in total. The van der Waals surface area contributed by atoms with Crippen molar-refractivity contribution >= 4 is 28.8 Å². The Bertz CT molecular complexity index is 1350. The van der Waals surface area contributed by atoms with Gasteiger partial charge in [-0.05, 0) is 63.1 Å². The largest absolute Gasteiger partial charge is 0.481 e. The molecule has 0 spiro atoms. The van der Waals surface area contributed by atoms with Gasteiger partial charge < -0.3 is 14.4 Å². The summed E-state index contributed by atoms with van der Waals surface area (Å²) in [6, 6.07) is 15.8. The molecule has 0 saturated heterocycles. The van der Waals surface area contributed by atoms with Gasteiger partial charge in [0.25, 0.3) is 0 Å². The predicted molar refractivity (Wildman–Crippen MR) is 140 cm³/mol. The molecule has 2 aromatic carbocycles. The monoisotopic (exact) mass is 500 g/mol. The smallest absolute Gasteiger partial charge is 0.414 e. The van der Waals surface area contributed by atoms with Crippen LogP contribution in [0.4, 0.5) is 10.5 Å². The van der Waals surface area contributed by atoms with Crippen LogP contribution in [0.5, 0.6) is 0 Å². The van der Waals surface area contributed by atoms with E-state index >= 15 is 0 Å². The second-order valence-corrected chi connectivity index (χ2v) is 10.2. The van der Waals surface area contributed by atoms with Gasteiger partial charge in [-0.15, -0.1) is 0 Å². The zero-order valence-corrected chi connectivity index (χ0v) is 21.3. The van der Waals surface area contributed by atoms with E-state index in [2.05, 4.69) is 10.6 Å². The molecule has 1 aliphatic carbocycles. The molecule has 0 bridgehead atoms. The molecule has 3 aromatic rings. The minimum atomic E-state index is -0.884. The summed E-state index contributed by atoms with van der Waals surface area (Å²) in [5, 5.41) is 19.6. The van der Waals surface area contributed by atoms with Crippen molar-refractivity contribution in [1.82, 2.24) is 9.55 Å². The molecular formula is C29H32N4O4. The van der Waals surface area contributed by atoms with Gasteiger partial charge in [0.15, 0.2) is 0 Å². The Morgan fingerprint density at radius 1 is 1.14 bits per heavy atom. The maximum atomic E-state index is 12.6. The summed E-state index contributed by atoms with van der Waals surface area (Å²) in [6.07, 6.45) is 4.78. The van der Waals surface area contributed by atoms with E-state index in [0.717, 1.165) is 72.2 Å². The Hall–Kier alpha value is -3.86. The maximum absolute atomic E-state index is 12.6. The Labute approximate surface area is 216 Å². The molecule has 1 aliphatic heterocycles. The van der Waals surface area contributed by atoms with Crippen molar-refractivity contribution in [3.63, 3.8) is 0 Å². The van der Waals surface area contributed by atoms with Gasteiger partial charge in [0.05, 0.1) is 35.8 Å². The number of hydrogen-bond acceptors (Lipinski definition) is 5. The van der Waals surface area contributed by atoms with Crippen molar-refractivity contribution in [3.8, 4) is 6.07 Å². The summed E-state index contributed by atoms with van der Waals surface area (Å²) >= 11 is 0. The van der Waals surface area contributed by atoms with Crippen molar-refractivity contribution in [1.29, 1.82) is 5.26 Å². The molecule has 1 amide bonds. The zero-order chi connectivity index (χ0) is 26.1. The van der Waals surface area contributed by atoms with Crippen LogP contribution in [-0.4, -0.2) is 39.9 Å². The first kappa shape index (κ1) is 24.8. The zero-order valence-electron chi connectivity index (χ0n) is 21.3. The summed E-state index contributed by atoms with van der Waals surface area (Å²) < 4.78 is 7.30. The fraction of sp³-hybridized carbons (Fsp3) is 0.448. The van der Waals surface area contributed by atoms with Gasteiger partial charge in [-0.25, -0.2) is 9.78 Å². The fourth-order valence-electron chi connectivity index (χ4n) is 6.05. The highest BCUT2D eigenvalue weighted by Crippen LogP contribution is 2.41. The number of hydrogen-bond donors (Lipinski definition) is 1. The Morgan fingerprint density at radius 2 is 1.86 bits per heavy atom. The molecule has 8 nitrogen and oxygen atoms in total. The molecular weight excluding hydrogens is 468 g/mol. The second-order valence-electron chi connectivity index (χ2n) is 10.2. The molecule has 5 rings (SSSR count). The number of aryl methyl sites for hydroxylation is 1.